The molecule has 1 fully saturated rings. The molecule has 4 rings (SSSR count). The van der Waals surface area contributed by atoms with Crippen molar-refractivity contribution in [1.29, 1.82) is 0 Å². The molecule has 29 heavy (non-hydrogen) atoms. The van der Waals surface area contributed by atoms with Crippen LogP contribution in [0.1, 0.15) is 30.9 Å². The zero-order valence-corrected chi connectivity index (χ0v) is 17.5. The standard InChI is InChI=1S/C26H30N2O/c1-18-4-13-26(19(2)16-18)27-23-9-5-21(6-10-23)22-7-11-24(12-8-22)28-15-14-25(29)17-20(28)3/h4-13,16,20,25,27,29H,14-15,17H2,1-3H3. The quantitative estimate of drug-likeness (QED) is 0.572. The van der Waals surface area contributed by atoms with Crippen molar-refractivity contribution in [2.75, 3.05) is 16.8 Å². The van der Waals surface area contributed by atoms with Crippen LogP contribution < -0.4 is 10.2 Å². The molecule has 1 heterocycles. The second-order valence-corrected chi connectivity index (χ2v) is 8.29. The predicted molar refractivity (Wildman–Crippen MR) is 123 cm³/mol. The van der Waals surface area contributed by atoms with Crippen molar-refractivity contribution in [3.8, 4) is 11.1 Å². The van der Waals surface area contributed by atoms with Gasteiger partial charge in [-0.3, -0.25) is 0 Å². The highest BCUT2D eigenvalue weighted by Gasteiger charge is 2.23. The molecule has 0 aromatic heterocycles. The monoisotopic (exact) mass is 386 g/mol. The lowest BCUT2D eigenvalue weighted by atomic mass is 9.99. The molecule has 2 unspecified atom stereocenters. The normalized spacial score (nSPS) is 19.2. The first kappa shape index (κ1) is 19.5. The average molecular weight is 387 g/mol. The third-order valence-electron chi connectivity index (χ3n) is 5.93. The zero-order valence-electron chi connectivity index (χ0n) is 17.5. The van der Waals surface area contributed by atoms with E-state index in [0.717, 1.165) is 30.8 Å². The molecule has 0 saturated carbocycles. The van der Waals surface area contributed by atoms with Crippen LogP contribution in [0.15, 0.2) is 66.7 Å². The number of aliphatic hydroxyl groups excluding tert-OH is 1. The van der Waals surface area contributed by atoms with Crippen LogP contribution in [-0.2, 0) is 0 Å². The van der Waals surface area contributed by atoms with Crippen molar-refractivity contribution in [2.24, 2.45) is 0 Å². The van der Waals surface area contributed by atoms with Crippen molar-refractivity contribution >= 4 is 17.1 Å². The van der Waals surface area contributed by atoms with E-state index in [9.17, 15) is 5.11 Å². The summed E-state index contributed by atoms with van der Waals surface area (Å²) >= 11 is 0. The minimum absolute atomic E-state index is 0.156. The van der Waals surface area contributed by atoms with Gasteiger partial charge in [-0.05, 0) is 80.6 Å². The first-order valence-electron chi connectivity index (χ1n) is 10.5. The number of nitrogens with zero attached hydrogens (tertiary/aromatic N) is 1. The Labute approximate surface area is 174 Å². The van der Waals surface area contributed by atoms with Gasteiger partial charge in [-0.25, -0.2) is 0 Å². The highest BCUT2D eigenvalue weighted by Crippen LogP contribution is 2.29. The number of aliphatic hydroxyl groups is 1. The van der Waals surface area contributed by atoms with Gasteiger partial charge >= 0.3 is 0 Å². The summed E-state index contributed by atoms with van der Waals surface area (Å²) in [5, 5.41) is 13.4. The second-order valence-electron chi connectivity index (χ2n) is 8.29. The summed E-state index contributed by atoms with van der Waals surface area (Å²) in [5.74, 6) is 0. The van der Waals surface area contributed by atoms with Crippen LogP contribution in [0.2, 0.25) is 0 Å². The summed E-state index contributed by atoms with van der Waals surface area (Å²) in [6.07, 6.45) is 1.54. The number of aryl methyl sites for hydroxylation is 2. The Morgan fingerprint density at radius 1 is 0.897 bits per heavy atom. The molecule has 3 aromatic carbocycles. The summed E-state index contributed by atoms with van der Waals surface area (Å²) in [4.78, 5) is 2.40. The van der Waals surface area contributed by atoms with Crippen molar-refractivity contribution in [3.05, 3.63) is 77.9 Å². The first-order chi connectivity index (χ1) is 14.0. The van der Waals surface area contributed by atoms with E-state index in [0.29, 0.717) is 6.04 Å². The van der Waals surface area contributed by atoms with E-state index >= 15 is 0 Å². The van der Waals surface area contributed by atoms with E-state index in [1.807, 2.05) is 0 Å². The number of anilines is 3. The Morgan fingerprint density at radius 3 is 2.17 bits per heavy atom. The van der Waals surface area contributed by atoms with E-state index < -0.39 is 0 Å². The molecular weight excluding hydrogens is 356 g/mol. The Kier molecular flexibility index (Phi) is 5.59. The van der Waals surface area contributed by atoms with E-state index in [4.69, 9.17) is 0 Å². The number of rotatable bonds is 4. The third-order valence-corrected chi connectivity index (χ3v) is 5.93. The SMILES string of the molecule is Cc1ccc(Nc2ccc(-c3ccc(N4CCC(O)CC4C)cc3)cc2)c(C)c1. The summed E-state index contributed by atoms with van der Waals surface area (Å²) in [7, 11) is 0. The highest BCUT2D eigenvalue weighted by atomic mass is 16.3. The molecule has 0 spiro atoms. The Morgan fingerprint density at radius 2 is 1.55 bits per heavy atom. The highest BCUT2D eigenvalue weighted by molar-refractivity contribution is 5.71. The lowest BCUT2D eigenvalue weighted by Gasteiger charge is -2.37. The minimum Gasteiger partial charge on any atom is -0.393 e. The number of benzene rings is 3. The molecule has 0 amide bonds. The van der Waals surface area contributed by atoms with Gasteiger partial charge in [-0.2, -0.15) is 0 Å². The number of hydrogen-bond acceptors (Lipinski definition) is 3. The van der Waals surface area contributed by atoms with Crippen LogP contribution >= 0.6 is 0 Å². The average Bonchev–Trinajstić information content (AvgIpc) is 2.71. The molecule has 0 bridgehead atoms. The van der Waals surface area contributed by atoms with Gasteiger partial charge in [0.15, 0.2) is 0 Å². The fraction of sp³-hybridized carbons (Fsp3) is 0.308. The summed E-state index contributed by atoms with van der Waals surface area (Å²) in [6.45, 7) is 7.36. The van der Waals surface area contributed by atoms with Crippen molar-refractivity contribution in [3.63, 3.8) is 0 Å². The lowest BCUT2D eigenvalue weighted by molar-refractivity contribution is 0.131. The Bertz CT molecular complexity index is 963. The molecule has 0 radical (unpaired) electrons. The molecule has 3 aromatic rings. The molecule has 1 saturated heterocycles. The number of hydrogen-bond donors (Lipinski definition) is 2. The number of piperidine rings is 1. The van der Waals surface area contributed by atoms with Crippen LogP contribution in [0.4, 0.5) is 17.1 Å². The molecule has 1 aliphatic rings. The maximum absolute atomic E-state index is 9.85. The van der Waals surface area contributed by atoms with Crippen LogP contribution in [0, 0.1) is 13.8 Å². The lowest BCUT2D eigenvalue weighted by Crippen LogP contribution is -2.42. The van der Waals surface area contributed by atoms with E-state index in [-0.39, 0.29) is 6.10 Å². The van der Waals surface area contributed by atoms with E-state index in [2.05, 4.69) is 97.7 Å². The van der Waals surface area contributed by atoms with Crippen molar-refractivity contribution in [2.45, 2.75) is 45.8 Å². The van der Waals surface area contributed by atoms with E-state index in [1.54, 1.807) is 0 Å². The molecule has 0 aliphatic carbocycles. The molecular formula is C26H30N2O. The number of nitrogens with one attached hydrogen (secondary N) is 1. The van der Waals surface area contributed by atoms with Crippen LogP contribution in [0.3, 0.4) is 0 Å². The van der Waals surface area contributed by atoms with Crippen LogP contribution in [-0.4, -0.2) is 23.8 Å². The predicted octanol–water partition coefficient (Wildman–Crippen LogP) is 6.06. The van der Waals surface area contributed by atoms with Gasteiger partial charge < -0.3 is 15.3 Å². The largest absolute Gasteiger partial charge is 0.393 e. The van der Waals surface area contributed by atoms with Gasteiger partial charge in [0.25, 0.3) is 0 Å². The van der Waals surface area contributed by atoms with Crippen molar-refractivity contribution in [1.82, 2.24) is 0 Å². The molecule has 150 valence electrons. The first-order valence-corrected chi connectivity index (χ1v) is 10.5. The Hall–Kier alpha value is -2.78. The molecule has 3 heteroatoms. The smallest absolute Gasteiger partial charge is 0.0576 e. The van der Waals surface area contributed by atoms with Gasteiger partial charge in [0.05, 0.1) is 6.10 Å². The van der Waals surface area contributed by atoms with Gasteiger partial charge in [0, 0.05) is 29.6 Å². The maximum Gasteiger partial charge on any atom is 0.0576 e. The molecule has 1 aliphatic heterocycles. The molecule has 2 N–H and O–H groups in total. The zero-order chi connectivity index (χ0) is 20.4. The third kappa shape index (κ3) is 4.46. The van der Waals surface area contributed by atoms with E-state index in [1.165, 1.54) is 27.9 Å². The van der Waals surface area contributed by atoms with Crippen molar-refractivity contribution < 1.29 is 5.11 Å². The maximum atomic E-state index is 9.85. The van der Waals surface area contributed by atoms with Gasteiger partial charge in [0.2, 0.25) is 0 Å². The van der Waals surface area contributed by atoms with Gasteiger partial charge in [-0.15, -0.1) is 0 Å². The van der Waals surface area contributed by atoms with Crippen LogP contribution in [0.5, 0.6) is 0 Å². The Balaban J connectivity index is 1.46. The second kappa shape index (κ2) is 8.30. The van der Waals surface area contributed by atoms with Gasteiger partial charge in [-0.1, -0.05) is 42.0 Å². The topological polar surface area (TPSA) is 35.5 Å². The summed E-state index contributed by atoms with van der Waals surface area (Å²) in [5.41, 5.74) is 8.44. The minimum atomic E-state index is -0.156. The summed E-state index contributed by atoms with van der Waals surface area (Å²) < 4.78 is 0. The van der Waals surface area contributed by atoms with Gasteiger partial charge in [0.1, 0.15) is 0 Å². The summed E-state index contributed by atoms with van der Waals surface area (Å²) in [6, 6.07) is 24.2. The van der Waals surface area contributed by atoms with Crippen LogP contribution in [0.25, 0.3) is 11.1 Å². The fourth-order valence-corrected chi connectivity index (χ4v) is 4.23. The molecule has 3 nitrogen and oxygen atoms in total. The fourth-order valence-electron chi connectivity index (χ4n) is 4.23. The molecule has 2 atom stereocenters.